The molecule has 0 aromatic heterocycles. The molecular weight excluding hydrogens is 246 g/mol. The van der Waals surface area contributed by atoms with Crippen LogP contribution < -0.4 is 0 Å². The third-order valence-electron chi connectivity index (χ3n) is 3.96. The topological polar surface area (TPSA) is 20.3 Å². The van der Waals surface area contributed by atoms with E-state index in [2.05, 4.69) is 6.92 Å². The zero-order chi connectivity index (χ0) is 13.1. The van der Waals surface area contributed by atoms with Crippen LogP contribution in [0.1, 0.15) is 43.0 Å². The third-order valence-corrected chi connectivity index (χ3v) is 4.29. The number of benzene rings is 1. The van der Waals surface area contributed by atoms with Crippen molar-refractivity contribution in [2.75, 3.05) is 7.05 Å². The fourth-order valence-corrected chi connectivity index (χ4v) is 2.84. The van der Waals surface area contributed by atoms with Gasteiger partial charge in [-0.05, 0) is 43.7 Å². The molecule has 1 aliphatic carbocycles. The molecule has 0 N–H and O–H groups in total. The first kappa shape index (κ1) is 13.4. The zero-order valence-corrected chi connectivity index (χ0v) is 11.8. The molecule has 0 spiro atoms. The van der Waals surface area contributed by atoms with E-state index in [0.29, 0.717) is 16.6 Å². The summed E-state index contributed by atoms with van der Waals surface area (Å²) in [6, 6.07) is 7.64. The van der Waals surface area contributed by atoms with Gasteiger partial charge >= 0.3 is 0 Å². The van der Waals surface area contributed by atoms with Crippen molar-refractivity contribution in [2.45, 2.75) is 38.6 Å². The van der Waals surface area contributed by atoms with Gasteiger partial charge in [-0.15, -0.1) is 0 Å². The molecule has 0 heterocycles. The number of carbonyl (C=O) groups is 1. The van der Waals surface area contributed by atoms with Crippen molar-refractivity contribution in [1.82, 2.24) is 4.90 Å². The molecule has 1 amide bonds. The maximum Gasteiger partial charge on any atom is 0.255 e. The van der Waals surface area contributed by atoms with Crippen LogP contribution in [0.25, 0.3) is 0 Å². The largest absolute Gasteiger partial charge is 0.339 e. The van der Waals surface area contributed by atoms with Gasteiger partial charge in [-0.2, -0.15) is 0 Å². The van der Waals surface area contributed by atoms with E-state index in [1.807, 2.05) is 24.1 Å². The lowest BCUT2D eigenvalue weighted by Crippen LogP contribution is -2.39. The summed E-state index contributed by atoms with van der Waals surface area (Å²) in [5.41, 5.74) is 0.611. The summed E-state index contributed by atoms with van der Waals surface area (Å²) < 4.78 is 0. The van der Waals surface area contributed by atoms with Crippen LogP contribution in [0.2, 0.25) is 5.02 Å². The fraction of sp³-hybridized carbons (Fsp3) is 0.533. The van der Waals surface area contributed by atoms with Crippen molar-refractivity contribution < 1.29 is 4.79 Å². The molecule has 0 atom stereocenters. The third kappa shape index (κ3) is 2.86. The quantitative estimate of drug-likeness (QED) is 0.792. The Labute approximate surface area is 114 Å². The van der Waals surface area contributed by atoms with E-state index in [0.717, 1.165) is 18.8 Å². The van der Waals surface area contributed by atoms with Crippen molar-refractivity contribution in [3.8, 4) is 0 Å². The van der Waals surface area contributed by atoms with Gasteiger partial charge in [0.05, 0.1) is 10.6 Å². The van der Waals surface area contributed by atoms with Crippen LogP contribution in [0.5, 0.6) is 0 Å². The molecule has 1 fully saturated rings. The van der Waals surface area contributed by atoms with Gasteiger partial charge in [0.2, 0.25) is 0 Å². The van der Waals surface area contributed by atoms with Crippen LogP contribution in [0.3, 0.4) is 0 Å². The molecule has 1 aliphatic rings. The molecule has 1 aromatic carbocycles. The molecule has 2 rings (SSSR count). The minimum Gasteiger partial charge on any atom is -0.339 e. The van der Waals surface area contributed by atoms with Crippen molar-refractivity contribution in [3.63, 3.8) is 0 Å². The smallest absolute Gasteiger partial charge is 0.255 e. The van der Waals surface area contributed by atoms with Gasteiger partial charge in [0.1, 0.15) is 0 Å². The highest BCUT2D eigenvalue weighted by molar-refractivity contribution is 6.33. The van der Waals surface area contributed by atoms with Crippen molar-refractivity contribution in [2.24, 2.45) is 5.92 Å². The highest BCUT2D eigenvalue weighted by Gasteiger charge is 2.26. The van der Waals surface area contributed by atoms with E-state index in [9.17, 15) is 4.79 Å². The Morgan fingerprint density at radius 1 is 1.22 bits per heavy atom. The minimum atomic E-state index is 0.0418. The lowest BCUT2D eigenvalue weighted by Gasteiger charge is -2.33. The average Bonchev–Trinajstić information content (AvgIpc) is 2.38. The zero-order valence-electron chi connectivity index (χ0n) is 11.0. The Bertz CT molecular complexity index is 424. The van der Waals surface area contributed by atoms with Crippen molar-refractivity contribution >= 4 is 17.5 Å². The number of amides is 1. The van der Waals surface area contributed by atoms with Crippen LogP contribution >= 0.6 is 11.6 Å². The fourth-order valence-electron chi connectivity index (χ4n) is 2.62. The molecule has 18 heavy (non-hydrogen) atoms. The summed E-state index contributed by atoms with van der Waals surface area (Å²) in [4.78, 5) is 14.3. The predicted octanol–water partition coefficient (Wildman–Crippen LogP) is 3.99. The van der Waals surface area contributed by atoms with E-state index in [1.165, 1.54) is 12.8 Å². The Morgan fingerprint density at radius 3 is 2.44 bits per heavy atom. The van der Waals surface area contributed by atoms with Gasteiger partial charge in [0.25, 0.3) is 5.91 Å². The average molecular weight is 266 g/mol. The summed E-state index contributed by atoms with van der Waals surface area (Å²) in [5.74, 6) is 0.838. The van der Waals surface area contributed by atoms with E-state index in [4.69, 9.17) is 11.6 Å². The maximum absolute atomic E-state index is 12.4. The predicted molar refractivity (Wildman–Crippen MR) is 75.0 cm³/mol. The van der Waals surface area contributed by atoms with Crippen molar-refractivity contribution in [3.05, 3.63) is 34.9 Å². The second-order valence-electron chi connectivity index (χ2n) is 5.31. The van der Waals surface area contributed by atoms with E-state index < -0.39 is 0 Å². The lowest BCUT2D eigenvalue weighted by atomic mass is 9.86. The first-order valence-electron chi connectivity index (χ1n) is 6.61. The molecule has 0 saturated heterocycles. The highest BCUT2D eigenvalue weighted by Crippen LogP contribution is 2.28. The van der Waals surface area contributed by atoms with Gasteiger partial charge in [-0.1, -0.05) is 30.7 Å². The summed E-state index contributed by atoms with van der Waals surface area (Å²) >= 11 is 6.08. The van der Waals surface area contributed by atoms with Crippen LogP contribution in [0.15, 0.2) is 24.3 Å². The summed E-state index contributed by atoms with van der Waals surface area (Å²) in [6.07, 6.45) is 4.64. The van der Waals surface area contributed by atoms with E-state index in [-0.39, 0.29) is 5.91 Å². The number of carbonyl (C=O) groups excluding carboxylic acids is 1. The molecule has 98 valence electrons. The summed E-state index contributed by atoms with van der Waals surface area (Å²) in [5, 5.41) is 0.540. The van der Waals surface area contributed by atoms with Gasteiger partial charge in [0.15, 0.2) is 0 Å². The summed E-state index contributed by atoms with van der Waals surface area (Å²) in [7, 11) is 1.90. The number of halogens is 1. The van der Waals surface area contributed by atoms with Gasteiger partial charge in [0, 0.05) is 13.1 Å². The number of hydrogen-bond donors (Lipinski definition) is 0. The van der Waals surface area contributed by atoms with Crippen LogP contribution in [0, 0.1) is 5.92 Å². The first-order chi connectivity index (χ1) is 8.59. The molecule has 3 heteroatoms. The number of hydrogen-bond acceptors (Lipinski definition) is 1. The second kappa shape index (κ2) is 5.75. The molecule has 0 radical (unpaired) electrons. The van der Waals surface area contributed by atoms with E-state index >= 15 is 0 Å². The normalized spacial score (nSPS) is 23.7. The molecule has 0 bridgehead atoms. The van der Waals surface area contributed by atoms with Gasteiger partial charge < -0.3 is 4.90 Å². The molecule has 0 aliphatic heterocycles. The SMILES string of the molecule is CC1CCC(N(C)C(=O)c2ccccc2Cl)CC1. The van der Waals surface area contributed by atoms with Crippen LogP contribution in [-0.4, -0.2) is 23.9 Å². The Kier molecular flexibility index (Phi) is 4.28. The number of rotatable bonds is 2. The van der Waals surface area contributed by atoms with Gasteiger partial charge in [-0.3, -0.25) is 4.79 Å². The minimum absolute atomic E-state index is 0.0418. The first-order valence-corrected chi connectivity index (χ1v) is 6.99. The molecular formula is C15H20ClNO. The molecule has 2 nitrogen and oxygen atoms in total. The van der Waals surface area contributed by atoms with Crippen molar-refractivity contribution in [1.29, 1.82) is 0 Å². The maximum atomic E-state index is 12.4. The van der Waals surface area contributed by atoms with Crippen LogP contribution in [0.4, 0.5) is 0 Å². The van der Waals surface area contributed by atoms with Crippen LogP contribution in [-0.2, 0) is 0 Å². The van der Waals surface area contributed by atoms with E-state index in [1.54, 1.807) is 12.1 Å². The highest BCUT2D eigenvalue weighted by atomic mass is 35.5. The standard InChI is InChI=1S/C15H20ClNO/c1-11-7-9-12(10-8-11)17(2)15(18)13-5-3-4-6-14(13)16/h3-6,11-12H,7-10H2,1-2H3. The molecule has 1 aromatic rings. The molecule has 1 saturated carbocycles. The summed E-state index contributed by atoms with van der Waals surface area (Å²) in [6.45, 7) is 2.28. The molecule has 0 unspecified atom stereocenters. The lowest BCUT2D eigenvalue weighted by molar-refractivity contribution is 0.0679. The Hall–Kier alpha value is -1.02. The van der Waals surface area contributed by atoms with Gasteiger partial charge in [-0.25, -0.2) is 0 Å². The monoisotopic (exact) mass is 265 g/mol. The second-order valence-corrected chi connectivity index (χ2v) is 5.72. The Morgan fingerprint density at radius 2 is 1.83 bits per heavy atom. The Balaban J connectivity index is 2.07. The number of nitrogens with zero attached hydrogens (tertiary/aromatic N) is 1.